The fourth-order valence-electron chi connectivity index (χ4n) is 1.79. The average molecular weight is 381 g/mol. The first-order chi connectivity index (χ1) is 10.2. The Kier molecular flexibility index (Phi) is 4.39. The van der Waals surface area contributed by atoms with Crippen molar-refractivity contribution in [3.05, 3.63) is 34.9 Å². The van der Waals surface area contributed by atoms with Crippen molar-refractivity contribution >= 4 is 38.4 Å². The Labute approximate surface area is 130 Å². The number of nitrogens with one attached hydrogen (secondary N) is 1. The number of rotatable bonds is 3. The van der Waals surface area contributed by atoms with Crippen molar-refractivity contribution in [2.24, 2.45) is 0 Å². The lowest BCUT2D eigenvalue weighted by molar-refractivity contribution is -0.305. The standard InChI is InChI=1S/C13H9BrF4N2O2/c1-22-12(15,13(16,17)18)11(21)20-9-6-8(14)5-7-3-2-4-19-10(7)9/h2-6H,1H3,(H,20,21)/t12-/m0/s1. The van der Waals surface area contributed by atoms with Crippen molar-refractivity contribution in [3.8, 4) is 0 Å². The van der Waals surface area contributed by atoms with Crippen LogP contribution in [0, 0.1) is 0 Å². The third kappa shape index (κ3) is 2.91. The highest BCUT2D eigenvalue weighted by molar-refractivity contribution is 9.10. The molecule has 0 radical (unpaired) electrons. The fraction of sp³-hybridized carbons (Fsp3) is 0.231. The minimum Gasteiger partial charge on any atom is -0.335 e. The summed E-state index contributed by atoms with van der Waals surface area (Å²) >= 11 is 3.15. The number of carbonyl (C=O) groups excluding carboxylic acids is 1. The minimum absolute atomic E-state index is 0.0710. The maximum atomic E-state index is 13.8. The third-order valence-electron chi connectivity index (χ3n) is 2.86. The van der Waals surface area contributed by atoms with Gasteiger partial charge in [0.05, 0.1) is 11.2 Å². The predicted octanol–water partition coefficient (Wildman–Crippen LogP) is 3.81. The Bertz CT molecular complexity index is 723. The molecule has 4 nitrogen and oxygen atoms in total. The maximum Gasteiger partial charge on any atom is 0.458 e. The van der Waals surface area contributed by atoms with E-state index in [1.54, 1.807) is 18.2 Å². The normalized spacial score (nSPS) is 14.6. The van der Waals surface area contributed by atoms with Gasteiger partial charge in [0.25, 0.3) is 5.91 Å². The zero-order valence-electron chi connectivity index (χ0n) is 11.0. The Hall–Kier alpha value is -1.74. The molecule has 0 aliphatic rings. The van der Waals surface area contributed by atoms with Crippen LogP contribution in [0.1, 0.15) is 0 Å². The van der Waals surface area contributed by atoms with E-state index in [1.165, 1.54) is 12.3 Å². The number of alkyl halides is 4. The van der Waals surface area contributed by atoms with Gasteiger partial charge in [0.2, 0.25) is 0 Å². The smallest absolute Gasteiger partial charge is 0.335 e. The molecular weight excluding hydrogens is 372 g/mol. The van der Waals surface area contributed by atoms with E-state index >= 15 is 0 Å². The number of methoxy groups -OCH3 is 1. The number of halogens is 5. The summed E-state index contributed by atoms with van der Waals surface area (Å²) in [4.78, 5) is 15.7. The van der Waals surface area contributed by atoms with Crippen LogP contribution in [0.5, 0.6) is 0 Å². The highest BCUT2D eigenvalue weighted by atomic mass is 79.9. The molecule has 22 heavy (non-hydrogen) atoms. The number of nitrogens with zero attached hydrogens (tertiary/aromatic N) is 1. The van der Waals surface area contributed by atoms with Crippen molar-refractivity contribution in [2.75, 3.05) is 12.4 Å². The molecule has 1 aromatic carbocycles. The van der Waals surface area contributed by atoms with Crippen LogP contribution >= 0.6 is 15.9 Å². The summed E-state index contributed by atoms with van der Waals surface area (Å²) in [6.07, 6.45) is -4.12. The molecule has 1 aromatic heterocycles. The van der Waals surface area contributed by atoms with E-state index in [0.717, 1.165) is 0 Å². The number of amides is 1. The second kappa shape index (κ2) is 5.81. The maximum absolute atomic E-state index is 13.8. The Morgan fingerprint density at radius 1 is 1.32 bits per heavy atom. The molecular formula is C13H9BrF4N2O2. The summed E-state index contributed by atoms with van der Waals surface area (Å²) in [5, 5.41) is 2.43. The zero-order chi connectivity index (χ0) is 16.5. The molecule has 0 fully saturated rings. The van der Waals surface area contributed by atoms with E-state index in [-0.39, 0.29) is 11.2 Å². The lowest BCUT2D eigenvalue weighted by atomic mass is 10.2. The summed E-state index contributed by atoms with van der Waals surface area (Å²) < 4.78 is 56.0. The minimum atomic E-state index is -5.51. The van der Waals surface area contributed by atoms with Crippen molar-refractivity contribution in [2.45, 2.75) is 12.0 Å². The van der Waals surface area contributed by atoms with Gasteiger partial charge in [0.15, 0.2) is 0 Å². The molecule has 1 amide bonds. The molecule has 0 spiro atoms. The van der Waals surface area contributed by atoms with Crippen LogP contribution in [-0.4, -0.2) is 30.0 Å². The van der Waals surface area contributed by atoms with Crippen LogP contribution < -0.4 is 5.32 Å². The number of hydrogen-bond donors (Lipinski definition) is 1. The lowest BCUT2D eigenvalue weighted by Crippen LogP contribution is -2.52. The molecule has 0 bridgehead atoms. The molecule has 0 aliphatic heterocycles. The molecule has 1 heterocycles. The Morgan fingerprint density at radius 3 is 2.59 bits per heavy atom. The van der Waals surface area contributed by atoms with E-state index in [0.29, 0.717) is 17.0 Å². The summed E-state index contributed by atoms with van der Waals surface area (Å²) in [5.74, 6) is -6.43. The van der Waals surface area contributed by atoms with Gasteiger partial charge in [-0.15, -0.1) is 0 Å². The summed E-state index contributed by atoms with van der Waals surface area (Å²) in [5.41, 5.74) is 0.151. The molecule has 0 aliphatic carbocycles. The van der Waals surface area contributed by atoms with Gasteiger partial charge in [-0.05, 0) is 18.2 Å². The van der Waals surface area contributed by atoms with Crippen molar-refractivity contribution in [3.63, 3.8) is 0 Å². The number of benzene rings is 1. The second-order valence-electron chi connectivity index (χ2n) is 4.28. The second-order valence-corrected chi connectivity index (χ2v) is 5.20. The van der Waals surface area contributed by atoms with Gasteiger partial charge < -0.3 is 10.1 Å². The largest absolute Gasteiger partial charge is 0.458 e. The van der Waals surface area contributed by atoms with E-state index in [4.69, 9.17) is 0 Å². The van der Waals surface area contributed by atoms with E-state index in [9.17, 15) is 22.4 Å². The summed E-state index contributed by atoms with van der Waals surface area (Å²) in [6, 6.07) is 6.23. The van der Waals surface area contributed by atoms with Gasteiger partial charge in [-0.1, -0.05) is 22.0 Å². The summed E-state index contributed by atoms with van der Waals surface area (Å²) in [7, 11) is 0.463. The van der Waals surface area contributed by atoms with Crippen LogP contribution in [0.2, 0.25) is 0 Å². The number of pyridine rings is 1. The van der Waals surface area contributed by atoms with Gasteiger partial charge in [-0.2, -0.15) is 17.6 Å². The van der Waals surface area contributed by atoms with Crippen LogP contribution in [0.3, 0.4) is 0 Å². The molecule has 2 aromatic rings. The highest BCUT2D eigenvalue weighted by Gasteiger charge is 2.63. The van der Waals surface area contributed by atoms with E-state index < -0.39 is 17.9 Å². The molecule has 0 saturated carbocycles. The number of anilines is 1. The van der Waals surface area contributed by atoms with E-state index in [2.05, 4.69) is 25.7 Å². The number of ether oxygens (including phenoxy) is 1. The van der Waals surface area contributed by atoms with Crippen molar-refractivity contribution in [1.82, 2.24) is 4.98 Å². The van der Waals surface area contributed by atoms with Gasteiger partial charge in [0, 0.05) is 23.2 Å². The number of carbonyl (C=O) groups is 1. The first kappa shape index (κ1) is 16.6. The van der Waals surface area contributed by atoms with Crippen LogP contribution in [-0.2, 0) is 9.53 Å². The van der Waals surface area contributed by atoms with Crippen LogP contribution in [0.25, 0.3) is 10.9 Å². The molecule has 2 rings (SSSR count). The molecule has 0 unspecified atom stereocenters. The van der Waals surface area contributed by atoms with Crippen LogP contribution in [0.15, 0.2) is 34.9 Å². The molecule has 118 valence electrons. The van der Waals surface area contributed by atoms with Gasteiger partial charge in [0.1, 0.15) is 0 Å². The molecule has 0 saturated heterocycles. The first-order valence-corrected chi connectivity index (χ1v) is 6.65. The summed E-state index contributed by atoms with van der Waals surface area (Å²) in [6.45, 7) is 0. The van der Waals surface area contributed by atoms with Crippen molar-refractivity contribution in [1.29, 1.82) is 0 Å². The number of aromatic nitrogens is 1. The number of fused-ring (bicyclic) bond motifs is 1. The first-order valence-electron chi connectivity index (χ1n) is 5.85. The molecule has 1 N–H and O–H groups in total. The number of hydrogen-bond acceptors (Lipinski definition) is 3. The van der Waals surface area contributed by atoms with Crippen molar-refractivity contribution < 1.29 is 27.1 Å². The SMILES string of the molecule is CO[C@@](F)(C(=O)Nc1cc(Br)cc2cccnc12)C(F)(F)F. The quantitative estimate of drug-likeness (QED) is 0.823. The Morgan fingerprint density at radius 2 is 2.00 bits per heavy atom. The van der Waals surface area contributed by atoms with E-state index in [1.807, 2.05) is 5.32 Å². The van der Waals surface area contributed by atoms with Gasteiger partial charge in [-0.25, -0.2) is 0 Å². The zero-order valence-corrected chi connectivity index (χ0v) is 12.6. The Balaban J connectivity index is 2.45. The lowest BCUT2D eigenvalue weighted by Gasteiger charge is -2.25. The van der Waals surface area contributed by atoms with Gasteiger partial charge >= 0.3 is 12.0 Å². The topological polar surface area (TPSA) is 51.2 Å². The highest BCUT2D eigenvalue weighted by Crippen LogP contribution is 2.36. The molecule has 1 atom stereocenters. The monoisotopic (exact) mass is 380 g/mol. The third-order valence-corrected chi connectivity index (χ3v) is 3.31. The molecule has 9 heteroatoms. The fourth-order valence-corrected chi connectivity index (χ4v) is 2.27. The average Bonchev–Trinajstić information content (AvgIpc) is 2.44. The predicted molar refractivity (Wildman–Crippen MR) is 75.0 cm³/mol. The van der Waals surface area contributed by atoms with Gasteiger partial charge in [-0.3, -0.25) is 9.78 Å². The van der Waals surface area contributed by atoms with Crippen LogP contribution in [0.4, 0.5) is 23.2 Å².